The number of carbonyl (C=O) groups is 1. The Morgan fingerprint density at radius 1 is 1.23 bits per heavy atom. The van der Waals surface area contributed by atoms with E-state index in [1.165, 1.54) is 12.3 Å². The van der Waals surface area contributed by atoms with Crippen LogP contribution in [0.15, 0.2) is 42.5 Å². The smallest absolute Gasteiger partial charge is 0.219 e. The number of hydrogen-bond acceptors (Lipinski definition) is 6. The first-order valence-electron chi connectivity index (χ1n) is 12.6. The number of nitrogens with zero attached hydrogens (tertiary/aromatic N) is 2. The van der Waals surface area contributed by atoms with Gasteiger partial charge in [-0.25, -0.2) is 0 Å². The van der Waals surface area contributed by atoms with Crippen molar-refractivity contribution in [3.05, 3.63) is 48.2 Å². The average molecular weight is 488 g/mol. The van der Waals surface area contributed by atoms with Crippen LogP contribution in [0.1, 0.15) is 32.9 Å². The Bertz CT molecular complexity index is 911. The van der Waals surface area contributed by atoms with Gasteiger partial charge >= 0.3 is 0 Å². The van der Waals surface area contributed by atoms with Gasteiger partial charge in [0.05, 0.1) is 13.2 Å². The molecule has 0 saturated heterocycles. The highest BCUT2D eigenvalue weighted by atomic mass is 16.5. The maximum atomic E-state index is 12.5. The lowest BCUT2D eigenvalue weighted by Gasteiger charge is -2.33. The fraction of sp³-hybridized carbons (Fsp3) is 0.593. The maximum Gasteiger partial charge on any atom is 0.219 e. The number of aliphatic hydroxyl groups excluding tert-OH is 2. The van der Waals surface area contributed by atoms with E-state index in [4.69, 9.17) is 9.47 Å². The number of H-pyrrole nitrogens is 1. The molecule has 0 radical (unpaired) electrons. The predicted molar refractivity (Wildman–Crippen MR) is 137 cm³/mol. The van der Waals surface area contributed by atoms with Gasteiger partial charge in [-0.05, 0) is 29.9 Å². The summed E-state index contributed by atoms with van der Waals surface area (Å²) < 4.78 is 11.5. The third-order valence-electron chi connectivity index (χ3n) is 6.35. The van der Waals surface area contributed by atoms with Crippen LogP contribution < -0.4 is 0 Å². The number of rotatable bonds is 6. The van der Waals surface area contributed by atoms with Crippen molar-refractivity contribution in [2.45, 2.75) is 52.0 Å². The summed E-state index contributed by atoms with van der Waals surface area (Å²) in [5.41, 5.74) is 2.22. The number of ether oxygens (including phenoxy) is 2. The van der Waals surface area contributed by atoms with Crippen LogP contribution in [0.2, 0.25) is 0 Å². The van der Waals surface area contributed by atoms with E-state index in [2.05, 4.69) is 41.9 Å². The summed E-state index contributed by atoms with van der Waals surface area (Å²) in [4.78, 5) is 19.9. The quantitative estimate of drug-likeness (QED) is 0.542. The van der Waals surface area contributed by atoms with Crippen molar-refractivity contribution in [2.75, 3.05) is 46.0 Å². The fourth-order valence-electron chi connectivity index (χ4n) is 4.16. The number of fused-ring (bicyclic) bond motifs is 1. The molecule has 0 spiro atoms. The molecule has 194 valence electrons. The number of aromatic nitrogens is 1. The predicted octanol–water partition coefficient (Wildman–Crippen LogP) is 2.56. The Balaban J connectivity index is 1.74. The molecule has 3 N–H and O–H groups in total. The molecule has 0 aliphatic carbocycles. The minimum absolute atomic E-state index is 0.00556. The van der Waals surface area contributed by atoms with Gasteiger partial charge in [0, 0.05) is 57.5 Å². The van der Waals surface area contributed by atoms with Gasteiger partial charge in [0.25, 0.3) is 0 Å². The molecule has 1 amide bonds. The summed E-state index contributed by atoms with van der Waals surface area (Å²) in [6, 6.07) is 10.4. The van der Waals surface area contributed by atoms with Crippen molar-refractivity contribution in [3.63, 3.8) is 0 Å². The van der Waals surface area contributed by atoms with Gasteiger partial charge in [-0.1, -0.05) is 44.2 Å². The van der Waals surface area contributed by atoms with Gasteiger partial charge in [0.2, 0.25) is 5.91 Å². The maximum absolute atomic E-state index is 12.5. The summed E-state index contributed by atoms with van der Waals surface area (Å²) in [6.45, 7) is 9.30. The van der Waals surface area contributed by atoms with Gasteiger partial charge in [-0.15, -0.1) is 0 Å². The Morgan fingerprint density at radius 3 is 2.77 bits per heavy atom. The zero-order valence-corrected chi connectivity index (χ0v) is 21.2. The first-order chi connectivity index (χ1) is 16.8. The molecule has 0 fully saturated rings. The number of benzene rings is 1. The highest BCUT2D eigenvalue weighted by Gasteiger charge is 2.30. The second-order valence-corrected chi connectivity index (χ2v) is 9.74. The molecular formula is C27H41N3O5. The average Bonchev–Trinajstić information content (AvgIpc) is 3.23. The number of para-hydroxylation sites is 1. The van der Waals surface area contributed by atoms with Crippen LogP contribution in [0, 0.1) is 5.92 Å². The highest BCUT2D eigenvalue weighted by molar-refractivity contribution is 5.80. The lowest BCUT2D eigenvalue weighted by molar-refractivity contribution is -0.139. The Hall–Kier alpha value is -2.23. The Labute approximate surface area is 208 Å². The molecule has 1 aliphatic rings. The Morgan fingerprint density at radius 2 is 2.03 bits per heavy atom. The first kappa shape index (κ1) is 27.4. The van der Waals surface area contributed by atoms with Crippen molar-refractivity contribution in [3.8, 4) is 0 Å². The van der Waals surface area contributed by atoms with Crippen molar-refractivity contribution in [2.24, 2.45) is 5.92 Å². The van der Waals surface area contributed by atoms with Gasteiger partial charge in [-0.3, -0.25) is 9.69 Å². The zero-order chi connectivity index (χ0) is 25.2. The van der Waals surface area contributed by atoms with Crippen molar-refractivity contribution >= 4 is 16.8 Å². The summed E-state index contributed by atoms with van der Waals surface area (Å²) in [5.74, 6) is 0.362. The van der Waals surface area contributed by atoms with E-state index in [-0.39, 0.29) is 19.1 Å². The van der Waals surface area contributed by atoms with E-state index in [0.717, 1.165) is 17.6 Å². The SMILES string of the molecule is CC(=O)N1CCN(Cc2cc3ccccc3[nH]2)C/C=C\COC[C@H](O)[C@H](O)[C@@H](OCCC(C)C)C1. The minimum Gasteiger partial charge on any atom is -0.388 e. The molecule has 8 nitrogen and oxygen atoms in total. The molecule has 8 heteroatoms. The molecule has 3 rings (SSSR count). The van der Waals surface area contributed by atoms with Crippen molar-refractivity contribution in [1.29, 1.82) is 0 Å². The lowest BCUT2D eigenvalue weighted by atomic mass is 10.1. The minimum atomic E-state index is -1.15. The monoisotopic (exact) mass is 487 g/mol. The van der Waals surface area contributed by atoms with Gasteiger partial charge in [0.1, 0.15) is 18.3 Å². The Kier molecular flexibility index (Phi) is 10.7. The summed E-state index contributed by atoms with van der Waals surface area (Å²) in [5, 5.41) is 22.4. The van der Waals surface area contributed by atoms with Crippen LogP contribution in [0.4, 0.5) is 0 Å². The topological polar surface area (TPSA) is 98.3 Å². The normalized spacial score (nSPS) is 24.5. The molecule has 0 unspecified atom stereocenters. The second kappa shape index (κ2) is 13.8. The number of nitrogens with one attached hydrogen (secondary N) is 1. The first-order valence-corrected chi connectivity index (χ1v) is 12.6. The zero-order valence-electron chi connectivity index (χ0n) is 21.2. The van der Waals surface area contributed by atoms with E-state index in [1.54, 1.807) is 4.90 Å². The van der Waals surface area contributed by atoms with Gasteiger partial charge in [0.15, 0.2) is 0 Å². The van der Waals surface area contributed by atoms with E-state index in [0.29, 0.717) is 45.3 Å². The molecular weight excluding hydrogens is 446 g/mol. The van der Waals surface area contributed by atoms with Crippen LogP contribution in [-0.4, -0.2) is 95.2 Å². The number of carbonyl (C=O) groups excluding carboxylic acids is 1. The van der Waals surface area contributed by atoms with Gasteiger partial charge in [-0.2, -0.15) is 0 Å². The van der Waals surface area contributed by atoms with Crippen molar-refractivity contribution < 1.29 is 24.5 Å². The number of aliphatic hydroxyl groups is 2. The van der Waals surface area contributed by atoms with Crippen LogP contribution in [-0.2, 0) is 20.8 Å². The molecule has 3 atom stereocenters. The van der Waals surface area contributed by atoms with Crippen LogP contribution in [0.3, 0.4) is 0 Å². The van der Waals surface area contributed by atoms with Crippen LogP contribution in [0.5, 0.6) is 0 Å². The molecule has 2 aromatic rings. The van der Waals surface area contributed by atoms with Crippen molar-refractivity contribution in [1.82, 2.24) is 14.8 Å². The van der Waals surface area contributed by atoms with E-state index in [1.807, 2.05) is 24.3 Å². The molecule has 1 aromatic heterocycles. The number of hydrogen-bond donors (Lipinski definition) is 3. The van der Waals surface area contributed by atoms with Crippen LogP contribution in [0.25, 0.3) is 10.9 Å². The van der Waals surface area contributed by atoms with E-state index >= 15 is 0 Å². The second-order valence-electron chi connectivity index (χ2n) is 9.74. The standard InChI is InChI=1S/C27H41N3O5/c1-20(2)10-15-35-26-18-30(21(3)31)13-12-29(11-6-7-14-34-19-25(32)27(26)33)17-23-16-22-8-4-5-9-24(22)28-23/h4-9,16,20,25-28,32-33H,10-15,17-19H2,1-3H3/b7-6-/t25-,26-,27-/m0/s1. The molecule has 0 bridgehead atoms. The summed E-state index contributed by atoms with van der Waals surface area (Å²) in [6.07, 6.45) is 1.84. The number of amides is 1. The largest absolute Gasteiger partial charge is 0.388 e. The molecule has 35 heavy (non-hydrogen) atoms. The fourth-order valence-corrected chi connectivity index (χ4v) is 4.16. The van der Waals surface area contributed by atoms with E-state index in [9.17, 15) is 15.0 Å². The number of aromatic amines is 1. The summed E-state index contributed by atoms with van der Waals surface area (Å²) in [7, 11) is 0. The molecule has 1 aliphatic heterocycles. The molecule has 2 heterocycles. The lowest BCUT2D eigenvalue weighted by Crippen LogP contribution is -2.50. The van der Waals surface area contributed by atoms with Crippen LogP contribution >= 0.6 is 0 Å². The molecule has 0 saturated carbocycles. The third-order valence-corrected chi connectivity index (χ3v) is 6.35. The highest BCUT2D eigenvalue weighted by Crippen LogP contribution is 2.17. The third kappa shape index (κ3) is 8.74. The van der Waals surface area contributed by atoms with E-state index < -0.39 is 18.3 Å². The van der Waals surface area contributed by atoms with Gasteiger partial charge < -0.3 is 29.6 Å². The summed E-state index contributed by atoms with van der Waals surface area (Å²) >= 11 is 0. The molecule has 1 aromatic carbocycles.